The van der Waals surface area contributed by atoms with Crippen LogP contribution in [0.5, 0.6) is 0 Å². The zero-order valence-corrected chi connectivity index (χ0v) is 11.9. The minimum Gasteiger partial charge on any atom is -0.374 e. The van der Waals surface area contributed by atoms with Crippen molar-refractivity contribution in [3.05, 3.63) is 63.4 Å². The summed E-state index contributed by atoms with van der Waals surface area (Å²) < 4.78 is 13.5. The predicted octanol–water partition coefficient (Wildman–Crippen LogP) is 3.44. The number of rotatable bonds is 5. The smallest absolute Gasteiger partial charge is 0.269 e. The maximum Gasteiger partial charge on any atom is 0.269 e. The summed E-state index contributed by atoms with van der Waals surface area (Å²) in [6.45, 7) is -0.157. The summed E-state index contributed by atoms with van der Waals surface area (Å²) in [7, 11) is 0. The van der Waals surface area contributed by atoms with Gasteiger partial charge in [0.2, 0.25) is 5.91 Å². The first-order valence-electron chi connectivity index (χ1n) is 6.19. The molecule has 0 aliphatic heterocycles. The normalized spacial score (nSPS) is 10.1. The minimum atomic E-state index is -0.560. The summed E-state index contributed by atoms with van der Waals surface area (Å²) in [6.07, 6.45) is 0. The van der Waals surface area contributed by atoms with E-state index in [9.17, 15) is 19.3 Å². The van der Waals surface area contributed by atoms with Gasteiger partial charge in [-0.3, -0.25) is 14.9 Å². The van der Waals surface area contributed by atoms with Crippen molar-refractivity contribution in [2.45, 2.75) is 0 Å². The number of carbonyl (C=O) groups excluding carboxylic acids is 1. The Hall–Kier alpha value is -2.67. The lowest BCUT2D eigenvalue weighted by Crippen LogP contribution is -2.22. The summed E-state index contributed by atoms with van der Waals surface area (Å²) in [6, 6.07) is 9.46. The predicted molar refractivity (Wildman–Crippen MR) is 81.6 cm³/mol. The second kappa shape index (κ2) is 6.86. The minimum absolute atomic E-state index is 0.0700. The van der Waals surface area contributed by atoms with Crippen molar-refractivity contribution in [3.63, 3.8) is 0 Å². The Bertz CT molecular complexity index is 707. The molecule has 6 nitrogen and oxygen atoms in total. The number of amides is 1. The van der Waals surface area contributed by atoms with Crippen LogP contribution in [0.25, 0.3) is 0 Å². The van der Waals surface area contributed by atoms with Crippen LogP contribution in [-0.2, 0) is 4.79 Å². The monoisotopic (exact) mass is 323 g/mol. The van der Waals surface area contributed by atoms with Crippen LogP contribution in [0.2, 0.25) is 5.02 Å². The van der Waals surface area contributed by atoms with Crippen molar-refractivity contribution in [1.82, 2.24) is 0 Å². The van der Waals surface area contributed by atoms with Crippen LogP contribution < -0.4 is 10.6 Å². The highest BCUT2D eigenvalue weighted by Gasteiger charge is 2.08. The molecule has 0 spiro atoms. The number of nitro benzene ring substituents is 1. The van der Waals surface area contributed by atoms with Gasteiger partial charge in [0.15, 0.2) is 0 Å². The molecule has 2 aromatic rings. The standard InChI is InChI=1S/C14H11ClFN3O3/c15-9-1-6-13(12(16)7-9)17-8-14(20)18-10-2-4-11(5-3-10)19(21)22/h1-7,17H,8H2,(H,18,20). The van der Waals surface area contributed by atoms with Gasteiger partial charge in [0.25, 0.3) is 5.69 Å². The number of nitrogens with zero attached hydrogens (tertiary/aromatic N) is 1. The molecule has 1 amide bonds. The number of anilines is 2. The molecule has 8 heteroatoms. The van der Waals surface area contributed by atoms with Crippen molar-refractivity contribution < 1.29 is 14.1 Å². The summed E-state index contributed by atoms with van der Waals surface area (Å²) in [4.78, 5) is 21.7. The highest BCUT2D eigenvalue weighted by Crippen LogP contribution is 2.19. The van der Waals surface area contributed by atoms with E-state index in [4.69, 9.17) is 11.6 Å². The van der Waals surface area contributed by atoms with E-state index in [1.54, 1.807) is 0 Å². The molecule has 0 saturated carbocycles. The number of non-ortho nitro benzene ring substituents is 1. The van der Waals surface area contributed by atoms with Crippen LogP contribution in [0.4, 0.5) is 21.5 Å². The van der Waals surface area contributed by atoms with E-state index in [0.717, 1.165) is 6.07 Å². The van der Waals surface area contributed by atoms with E-state index >= 15 is 0 Å². The van der Waals surface area contributed by atoms with Crippen LogP contribution in [0.15, 0.2) is 42.5 Å². The SMILES string of the molecule is O=C(CNc1ccc(Cl)cc1F)Nc1ccc([N+](=O)[O-])cc1. The van der Waals surface area contributed by atoms with Gasteiger partial charge in [0.1, 0.15) is 5.82 Å². The molecule has 0 atom stereocenters. The van der Waals surface area contributed by atoms with E-state index in [1.165, 1.54) is 36.4 Å². The van der Waals surface area contributed by atoms with Gasteiger partial charge in [0, 0.05) is 22.8 Å². The number of hydrogen-bond acceptors (Lipinski definition) is 4. The maximum absolute atomic E-state index is 13.5. The molecule has 0 saturated heterocycles. The third-order valence-corrected chi connectivity index (χ3v) is 2.97. The van der Waals surface area contributed by atoms with Crippen LogP contribution in [0.1, 0.15) is 0 Å². The third kappa shape index (κ3) is 4.16. The van der Waals surface area contributed by atoms with Crippen molar-refractivity contribution in [1.29, 1.82) is 0 Å². The molecule has 2 aromatic carbocycles. The quantitative estimate of drug-likeness (QED) is 0.652. The van der Waals surface area contributed by atoms with E-state index in [2.05, 4.69) is 10.6 Å². The zero-order valence-electron chi connectivity index (χ0n) is 11.2. The Labute approximate surface area is 130 Å². The van der Waals surface area contributed by atoms with E-state index in [1.807, 2.05) is 0 Å². The Kier molecular flexibility index (Phi) is 4.90. The van der Waals surface area contributed by atoms with Gasteiger partial charge < -0.3 is 10.6 Å². The third-order valence-electron chi connectivity index (χ3n) is 2.73. The number of benzene rings is 2. The Balaban J connectivity index is 1.91. The second-order valence-electron chi connectivity index (χ2n) is 4.33. The molecule has 0 fully saturated rings. The lowest BCUT2D eigenvalue weighted by Gasteiger charge is -2.08. The van der Waals surface area contributed by atoms with Gasteiger partial charge >= 0.3 is 0 Å². The van der Waals surface area contributed by atoms with Crippen molar-refractivity contribution in [3.8, 4) is 0 Å². The number of hydrogen-bond donors (Lipinski definition) is 2. The zero-order chi connectivity index (χ0) is 16.1. The van der Waals surface area contributed by atoms with Gasteiger partial charge in [-0.25, -0.2) is 4.39 Å². The molecule has 0 aliphatic rings. The first kappa shape index (κ1) is 15.7. The Morgan fingerprint density at radius 1 is 1.23 bits per heavy atom. The van der Waals surface area contributed by atoms with Gasteiger partial charge in [-0.05, 0) is 30.3 Å². The maximum atomic E-state index is 13.5. The molecule has 0 bridgehead atoms. The molecular weight excluding hydrogens is 313 g/mol. The lowest BCUT2D eigenvalue weighted by atomic mass is 10.3. The van der Waals surface area contributed by atoms with Crippen molar-refractivity contribution in [2.24, 2.45) is 0 Å². The molecule has 0 heterocycles. The van der Waals surface area contributed by atoms with Crippen LogP contribution >= 0.6 is 11.6 Å². The second-order valence-corrected chi connectivity index (χ2v) is 4.77. The number of halogens is 2. The lowest BCUT2D eigenvalue weighted by molar-refractivity contribution is -0.384. The summed E-state index contributed by atoms with van der Waals surface area (Å²) >= 11 is 5.63. The van der Waals surface area contributed by atoms with E-state index < -0.39 is 16.6 Å². The summed E-state index contributed by atoms with van der Waals surface area (Å²) in [5.41, 5.74) is 0.497. The van der Waals surface area contributed by atoms with Crippen molar-refractivity contribution >= 4 is 34.6 Å². The van der Waals surface area contributed by atoms with E-state index in [0.29, 0.717) is 5.69 Å². The molecular formula is C14H11ClFN3O3. The average Bonchev–Trinajstić information content (AvgIpc) is 2.47. The molecule has 0 aromatic heterocycles. The molecule has 0 unspecified atom stereocenters. The first-order valence-corrected chi connectivity index (χ1v) is 6.57. The molecule has 114 valence electrons. The first-order chi connectivity index (χ1) is 10.5. The van der Waals surface area contributed by atoms with Gasteiger partial charge in [-0.1, -0.05) is 11.6 Å². The summed E-state index contributed by atoms with van der Waals surface area (Å²) in [5.74, 6) is -0.973. The highest BCUT2D eigenvalue weighted by molar-refractivity contribution is 6.30. The number of nitro groups is 1. The van der Waals surface area contributed by atoms with E-state index in [-0.39, 0.29) is 22.9 Å². The van der Waals surface area contributed by atoms with Gasteiger partial charge in [-0.2, -0.15) is 0 Å². The fourth-order valence-electron chi connectivity index (χ4n) is 1.68. The number of nitrogens with one attached hydrogen (secondary N) is 2. The fraction of sp³-hybridized carbons (Fsp3) is 0.0714. The van der Waals surface area contributed by atoms with Crippen LogP contribution in [0.3, 0.4) is 0 Å². The molecule has 22 heavy (non-hydrogen) atoms. The van der Waals surface area contributed by atoms with Crippen LogP contribution in [0, 0.1) is 15.9 Å². The molecule has 0 aliphatic carbocycles. The largest absolute Gasteiger partial charge is 0.374 e. The molecule has 0 radical (unpaired) electrons. The molecule has 2 rings (SSSR count). The number of carbonyl (C=O) groups is 1. The average molecular weight is 324 g/mol. The van der Waals surface area contributed by atoms with Crippen molar-refractivity contribution in [2.75, 3.05) is 17.2 Å². The van der Waals surface area contributed by atoms with Gasteiger partial charge in [-0.15, -0.1) is 0 Å². The Morgan fingerprint density at radius 2 is 1.91 bits per heavy atom. The fourth-order valence-corrected chi connectivity index (χ4v) is 1.84. The summed E-state index contributed by atoms with van der Waals surface area (Å²) in [5, 5.41) is 15.9. The van der Waals surface area contributed by atoms with Gasteiger partial charge in [0.05, 0.1) is 17.2 Å². The highest BCUT2D eigenvalue weighted by atomic mass is 35.5. The topological polar surface area (TPSA) is 84.3 Å². The molecule has 2 N–H and O–H groups in total. The van der Waals surface area contributed by atoms with Crippen LogP contribution in [-0.4, -0.2) is 17.4 Å². The Morgan fingerprint density at radius 3 is 2.50 bits per heavy atom.